The van der Waals surface area contributed by atoms with Gasteiger partial charge in [0.1, 0.15) is 0 Å². The minimum atomic E-state index is -1.19. The Morgan fingerprint density at radius 1 is 1.73 bits per heavy atom. The zero-order valence-electron chi connectivity index (χ0n) is 8.39. The quantitative estimate of drug-likeness (QED) is 0.668. The van der Waals surface area contributed by atoms with Crippen LogP contribution in [-0.2, 0) is 9.59 Å². The minimum Gasteiger partial charge on any atom is -0.480 e. The van der Waals surface area contributed by atoms with E-state index in [9.17, 15) is 14.7 Å². The predicted octanol–water partition coefficient (Wildman–Crippen LogP) is -0.0923. The number of carbonyl (C=O) groups excluding carboxylic acids is 1. The van der Waals surface area contributed by atoms with Crippen molar-refractivity contribution in [2.45, 2.75) is 25.5 Å². The van der Waals surface area contributed by atoms with E-state index in [0.29, 0.717) is 12.4 Å². The molecule has 0 saturated carbocycles. The molecule has 1 rings (SSSR count). The van der Waals surface area contributed by atoms with Crippen LogP contribution in [0.4, 0.5) is 0 Å². The number of alkyl halides is 1. The number of nitrogens with zero attached hydrogens (tertiary/aromatic N) is 1. The van der Waals surface area contributed by atoms with Crippen LogP contribution in [0, 0.1) is 5.92 Å². The summed E-state index contributed by atoms with van der Waals surface area (Å²) < 4.78 is 0. The Labute approximate surface area is 92.6 Å². The van der Waals surface area contributed by atoms with Crippen LogP contribution in [0.3, 0.4) is 0 Å². The maximum absolute atomic E-state index is 11.5. The van der Waals surface area contributed by atoms with Gasteiger partial charge in [0.15, 0.2) is 6.04 Å². The van der Waals surface area contributed by atoms with Gasteiger partial charge in [0.05, 0.1) is 6.10 Å². The van der Waals surface area contributed by atoms with Crippen molar-refractivity contribution in [3.63, 3.8) is 0 Å². The van der Waals surface area contributed by atoms with Gasteiger partial charge in [-0.2, -0.15) is 0 Å². The molecule has 15 heavy (non-hydrogen) atoms. The monoisotopic (exact) mass is 235 g/mol. The second-order valence-electron chi connectivity index (χ2n) is 3.79. The van der Waals surface area contributed by atoms with Crippen molar-refractivity contribution in [2.24, 2.45) is 5.92 Å². The van der Waals surface area contributed by atoms with Crippen molar-refractivity contribution in [1.29, 1.82) is 0 Å². The molecule has 0 radical (unpaired) electrons. The van der Waals surface area contributed by atoms with E-state index in [-0.39, 0.29) is 18.2 Å². The number of carboxylic acid groups (broad SMARTS) is 1. The number of hydrogen-bond donors (Lipinski definition) is 2. The van der Waals surface area contributed by atoms with Crippen molar-refractivity contribution in [1.82, 2.24) is 4.90 Å². The molecule has 3 unspecified atom stereocenters. The fraction of sp³-hybridized carbons (Fsp3) is 0.778. The Bertz CT molecular complexity index is 269. The molecule has 0 bridgehead atoms. The Morgan fingerprint density at radius 3 is 2.67 bits per heavy atom. The van der Waals surface area contributed by atoms with Gasteiger partial charge < -0.3 is 15.1 Å². The molecular weight excluding hydrogens is 222 g/mol. The summed E-state index contributed by atoms with van der Waals surface area (Å²) >= 11 is 5.61. The molecule has 1 aliphatic rings. The highest BCUT2D eigenvalue weighted by molar-refractivity contribution is 6.18. The van der Waals surface area contributed by atoms with Gasteiger partial charge >= 0.3 is 5.97 Å². The molecule has 0 aromatic carbocycles. The van der Waals surface area contributed by atoms with Gasteiger partial charge in [0.2, 0.25) is 5.91 Å². The number of carboxylic acids is 1. The van der Waals surface area contributed by atoms with Crippen LogP contribution in [0.25, 0.3) is 0 Å². The molecule has 1 aliphatic heterocycles. The van der Waals surface area contributed by atoms with Crippen LogP contribution >= 0.6 is 11.6 Å². The molecule has 1 heterocycles. The summed E-state index contributed by atoms with van der Waals surface area (Å²) in [7, 11) is 0. The van der Waals surface area contributed by atoms with Gasteiger partial charge in [0.25, 0.3) is 0 Å². The van der Waals surface area contributed by atoms with Gasteiger partial charge in [-0.1, -0.05) is 0 Å². The summed E-state index contributed by atoms with van der Waals surface area (Å²) in [5.74, 6) is -1.13. The number of likely N-dealkylation sites (tertiary alicyclic amines) is 1. The van der Waals surface area contributed by atoms with Crippen molar-refractivity contribution in [3.05, 3.63) is 0 Å². The van der Waals surface area contributed by atoms with Crippen LogP contribution in [0.15, 0.2) is 0 Å². The molecule has 1 fully saturated rings. The highest BCUT2D eigenvalue weighted by atomic mass is 35.5. The summed E-state index contributed by atoms with van der Waals surface area (Å²) in [6.45, 7) is 1.67. The van der Waals surface area contributed by atoms with E-state index in [2.05, 4.69) is 0 Å². The number of amides is 1. The Morgan fingerprint density at radius 2 is 2.33 bits per heavy atom. The highest BCUT2D eigenvalue weighted by Gasteiger charge is 2.39. The lowest BCUT2D eigenvalue weighted by atomic mass is 10.1. The van der Waals surface area contributed by atoms with Crippen LogP contribution in [0.1, 0.15) is 13.3 Å². The third kappa shape index (κ3) is 2.60. The number of carbonyl (C=O) groups is 2. The third-order valence-corrected chi connectivity index (χ3v) is 2.94. The van der Waals surface area contributed by atoms with Crippen molar-refractivity contribution < 1.29 is 19.8 Å². The topological polar surface area (TPSA) is 77.8 Å². The average Bonchev–Trinajstić information content (AvgIpc) is 2.46. The molecule has 2 N–H and O–H groups in total. The average molecular weight is 236 g/mol. The van der Waals surface area contributed by atoms with Crippen LogP contribution in [-0.4, -0.2) is 51.6 Å². The third-order valence-electron chi connectivity index (χ3n) is 2.50. The van der Waals surface area contributed by atoms with Crippen molar-refractivity contribution >= 4 is 23.5 Å². The van der Waals surface area contributed by atoms with E-state index < -0.39 is 18.1 Å². The maximum Gasteiger partial charge on any atom is 0.329 e. The lowest BCUT2D eigenvalue weighted by Crippen LogP contribution is -2.48. The van der Waals surface area contributed by atoms with E-state index in [0.717, 1.165) is 0 Å². The highest BCUT2D eigenvalue weighted by Crippen LogP contribution is 2.22. The molecule has 5 nitrogen and oxygen atoms in total. The molecule has 1 amide bonds. The molecule has 0 spiro atoms. The van der Waals surface area contributed by atoms with E-state index in [1.165, 1.54) is 11.8 Å². The fourth-order valence-corrected chi connectivity index (χ4v) is 1.99. The Balaban J connectivity index is 2.77. The second kappa shape index (κ2) is 4.81. The van der Waals surface area contributed by atoms with E-state index >= 15 is 0 Å². The van der Waals surface area contributed by atoms with Gasteiger partial charge in [-0.15, -0.1) is 11.6 Å². The number of aliphatic carboxylic acids is 1. The van der Waals surface area contributed by atoms with Gasteiger partial charge in [-0.3, -0.25) is 4.79 Å². The predicted molar refractivity (Wildman–Crippen MR) is 53.6 cm³/mol. The van der Waals surface area contributed by atoms with Crippen LogP contribution in [0.2, 0.25) is 0 Å². The number of rotatable bonds is 4. The van der Waals surface area contributed by atoms with Crippen molar-refractivity contribution in [2.75, 3.05) is 12.4 Å². The minimum absolute atomic E-state index is 0.0141. The van der Waals surface area contributed by atoms with Gasteiger partial charge in [-0.05, 0) is 12.8 Å². The molecular formula is C9H14ClNO4. The molecule has 1 saturated heterocycles. The first kappa shape index (κ1) is 12.3. The first-order valence-electron chi connectivity index (χ1n) is 4.73. The molecule has 6 heteroatoms. The Kier molecular flexibility index (Phi) is 3.93. The van der Waals surface area contributed by atoms with E-state index in [4.69, 9.17) is 16.7 Å². The number of halogens is 1. The molecule has 0 aliphatic carbocycles. The normalized spacial score (nSPS) is 25.4. The standard InChI is InChI=1S/C9H14ClNO4/c1-5(12)8(9(14)15)11-4-6(3-10)2-7(11)13/h5-6,8,12H,2-4H2,1H3,(H,14,15). The van der Waals surface area contributed by atoms with Crippen LogP contribution in [0.5, 0.6) is 0 Å². The van der Waals surface area contributed by atoms with Crippen LogP contribution < -0.4 is 0 Å². The van der Waals surface area contributed by atoms with E-state index in [1.54, 1.807) is 0 Å². The molecule has 3 atom stereocenters. The first-order valence-corrected chi connectivity index (χ1v) is 5.27. The molecule has 0 aromatic heterocycles. The lowest BCUT2D eigenvalue weighted by Gasteiger charge is -2.26. The van der Waals surface area contributed by atoms with Gasteiger partial charge in [-0.25, -0.2) is 4.79 Å². The summed E-state index contributed by atoms with van der Waals surface area (Å²) in [4.78, 5) is 23.6. The number of aliphatic hydroxyl groups excluding tert-OH is 1. The zero-order chi connectivity index (χ0) is 11.6. The summed E-state index contributed by atoms with van der Waals surface area (Å²) in [5, 5.41) is 18.2. The first-order chi connectivity index (χ1) is 6.97. The number of aliphatic hydroxyl groups is 1. The maximum atomic E-state index is 11.5. The number of hydrogen-bond acceptors (Lipinski definition) is 3. The smallest absolute Gasteiger partial charge is 0.329 e. The zero-order valence-corrected chi connectivity index (χ0v) is 9.15. The van der Waals surface area contributed by atoms with Crippen molar-refractivity contribution in [3.8, 4) is 0 Å². The fourth-order valence-electron chi connectivity index (χ4n) is 1.78. The molecule has 86 valence electrons. The summed E-state index contributed by atoms with van der Waals surface area (Å²) in [5.41, 5.74) is 0. The Hall–Kier alpha value is -0.810. The summed E-state index contributed by atoms with van der Waals surface area (Å²) in [6, 6.07) is -1.16. The molecule has 0 aromatic rings. The van der Waals surface area contributed by atoms with E-state index in [1.807, 2.05) is 0 Å². The largest absolute Gasteiger partial charge is 0.480 e. The van der Waals surface area contributed by atoms with Gasteiger partial charge in [0, 0.05) is 18.8 Å². The summed E-state index contributed by atoms with van der Waals surface area (Å²) in [6.07, 6.45) is -0.819. The SMILES string of the molecule is CC(O)C(C(=O)O)N1CC(CCl)CC1=O. The second-order valence-corrected chi connectivity index (χ2v) is 4.10. The lowest BCUT2D eigenvalue weighted by molar-refractivity contribution is -0.152.